The van der Waals surface area contributed by atoms with Crippen molar-refractivity contribution in [2.75, 3.05) is 25.8 Å². The summed E-state index contributed by atoms with van der Waals surface area (Å²) in [6.07, 6.45) is 3.34. The third kappa shape index (κ3) is 6.65. The van der Waals surface area contributed by atoms with Crippen molar-refractivity contribution in [3.8, 4) is 22.6 Å². The average Bonchev–Trinajstić information content (AvgIpc) is 2.91. The molecule has 0 saturated heterocycles. The maximum absolute atomic E-state index is 14.0. The number of aromatic nitrogens is 4. The Kier molecular flexibility index (Phi) is 8.85. The summed E-state index contributed by atoms with van der Waals surface area (Å²) in [5.41, 5.74) is 1.04. The fourth-order valence-electron chi connectivity index (χ4n) is 4.00. The maximum Gasteiger partial charge on any atom is 0.413 e. The van der Waals surface area contributed by atoms with Crippen LogP contribution in [0.1, 0.15) is 26.5 Å². The van der Waals surface area contributed by atoms with Crippen molar-refractivity contribution in [3.05, 3.63) is 63.7 Å². The van der Waals surface area contributed by atoms with E-state index < -0.39 is 11.7 Å². The number of methoxy groups -OCH3 is 2. The van der Waals surface area contributed by atoms with Crippen LogP contribution in [-0.4, -0.2) is 51.7 Å². The molecule has 3 heterocycles. The second kappa shape index (κ2) is 12.1. The molecule has 0 aliphatic heterocycles. The number of carbonyl (C=O) groups excluding carboxylic acids is 1. The molecule has 0 aliphatic carbocycles. The molecule has 10 nitrogen and oxygen atoms in total. The molecule has 210 valence electrons. The zero-order valence-electron chi connectivity index (χ0n) is 23.1. The highest BCUT2D eigenvalue weighted by Crippen LogP contribution is 2.38. The molecule has 4 aromatic rings. The molecule has 1 aromatic carbocycles. The summed E-state index contributed by atoms with van der Waals surface area (Å²) < 4.78 is 17.7. The van der Waals surface area contributed by atoms with Gasteiger partial charge in [-0.2, -0.15) is 0 Å². The summed E-state index contributed by atoms with van der Waals surface area (Å²) in [5.74, 6) is 1.23. The lowest BCUT2D eigenvalue weighted by molar-refractivity contribution is 0.0635. The first-order valence-corrected chi connectivity index (χ1v) is 14.0. The maximum atomic E-state index is 14.0. The Hall–Kier alpha value is -3.83. The Morgan fingerprint density at radius 2 is 1.88 bits per heavy atom. The van der Waals surface area contributed by atoms with Crippen LogP contribution in [0.4, 0.5) is 10.6 Å². The predicted molar refractivity (Wildman–Crippen MR) is 157 cm³/mol. The summed E-state index contributed by atoms with van der Waals surface area (Å²) in [6.45, 7) is 5.61. The zero-order valence-corrected chi connectivity index (χ0v) is 24.6. The van der Waals surface area contributed by atoms with Gasteiger partial charge in [0, 0.05) is 47.4 Å². The lowest BCUT2D eigenvalue weighted by atomic mass is 10.0. The van der Waals surface area contributed by atoms with Gasteiger partial charge in [-0.25, -0.2) is 19.7 Å². The second-order valence-corrected chi connectivity index (χ2v) is 10.9. The molecular formula is C28H30ClN5O5S. The number of halogens is 1. The second-order valence-electron chi connectivity index (χ2n) is 9.73. The van der Waals surface area contributed by atoms with Crippen LogP contribution in [0.15, 0.2) is 52.5 Å². The van der Waals surface area contributed by atoms with Crippen LogP contribution < -0.4 is 20.3 Å². The molecule has 3 aromatic heterocycles. The Morgan fingerprint density at radius 1 is 1.10 bits per heavy atom. The highest BCUT2D eigenvalue weighted by molar-refractivity contribution is 7.98. The minimum atomic E-state index is -0.637. The molecular weight excluding hydrogens is 554 g/mol. The molecule has 0 fully saturated rings. The molecule has 0 unspecified atom stereocenters. The van der Waals surface area contributed by atoms with Crippen molar-refractivity contribution in [1.82, 2.24) is 19.5 Å². The summed E-state index contributed by atoms with van der Waals surface area (Å²) in [4.78, 5) is 39.7. The van der Waals surface area contributed by atoms with E-state index in [0.29, 0.717) is 56.7 Å². The van der Waals surface area contributed by atoms with Crippen molar-refractivity contribution in [2.45, 2.75) is 44.5 Å². The number of carbonyl (C=O) groups is 1. The van der Waals surface area contributed by atoms with Gasteiger partial charge in [0.2, 0.25) is 0 Å². The Bertz CT molecular complexity index is 1620. The zero-order chi connectivity index (χ0) is 29.0. The standard InChI is InChI=1S/C28H30ClN5O5S/c1-28(2,3)39-27(36)32-22-9-7-8-17(31-22)10-11-34-24-16(15-30-26(33-24)40-6)12-20(25(34)35)19-13-18(37-4)14-21(38-5)23(19)29/h7-9,12-15H,10-11H2,1-6H3,(H,31,32,36). The van der Waals surface area contributed by atoms with Crippen LogP contribution in [0.25, 0.3) is 22.2 Å². The molecule has 40 heavy (non-hydrogen) atoms. The van der Waals surface area contributed by atoms with E-state index >= 15 is 0 Å². The van der Waals surface area contributed by atoms with E-state index in [-0.39, 0.29) is 17.1 Å². The van der Waals surface area contributed by atoms with Gasteiger partial charge in [-0.15, -0.1) is 0 Å². The molecule has 1 N–H and O–H groups in total. The van der Waals surface area contributed by atoms with E-state index in [4.69, 9.17) is 25.8 Å². The molecule has 4 rings (SSSR count). The quantitative estimate of drug-likeness (QED) is 0.202. The minimum absolute atomic E-state index is 0.260. The van der Waals surface area contributed by atoms with Crippen molar-refractivity contribution >= 4 is 46.3 Å². The SMILES string of the molecule is COc1cc(OC)c(Cl)c(-c2cc3cnc(SC)nc3n(CCc3cccc(NC(=O)OC(C)(C)C)n3)c2=O)c1. The van der Waals surface area contributed by atoms with Crippen LogP contribution in [-0.2, 0) is 17.7 Å². The van der Waals surface area contributed by atoms with E-state index in [1.165, 1.54) is 26.0 Å². The number of nitrogens with zero attached hydrogens (tertiary/aromatic N) is 4. The largest absolute Gasteiger partial charge is 0.497 e. The lowest BCUT2D eigenvalue weighted by Gasteiger charge is -2.19. The molecule has 0 saturated carbocycles. The van der Waals surface area contributed by atoms with Gasteiger partial charge in [-0.05, 0) is 51.3 Å². The number of amides is 1. The summed E-state index contributed by atoms with van der Waals surface area (Å²) >= 11 is 8.03. The van der Waals surface area contributed by atoms with E-state index in [1.54, 1.807) is 61.9 Å². The van der Waals surface area contributed by atoms with Crippen LogP contribution in [0, 0.1) is 0 Å². The number of aryl methyl sites for hydroxylation is 2. The first-order valence-electron chi connectivity index (χ1n) is 12.4. The number of hydrogen-bond donors (Lipinski definition) is 1. The van der Waals surface area contributed by atoms with Gasteiger partial charge in [0.15, 0.2) is 5.16 Å². The van der Waals surface area contributed by atoms with E-state index in [0.717, 1.165) is 0 Å². The Labute approximate surface area is 241 Å². The lowest BCUT2D eigenvalue weighted by Crippen LogP contribution is -2.27. The van der Waals surface area contributed by atoms with E-state index in [9.17, 15) is 9.59 Å². The molecule has 0 atom stereocenters. The molecule has 0 spiro atoms. The normalized spacial score (nSPS) is 11.4. The Morgan fingerprint density at radius 3 is 2.55 bits per heavy atom. The predicted octanol–water partition coefficient (Wildman–Crippen LogP) is 5.84. The van der Waals surface area contributed by atoms with Gasteiger partial charge < -0.3 is 14.2 Å². The highest BCUT2D eigenvalue weighted by Gasteiger charge is 2.20. The molecule has 0 radical (unpaired) electrons. The summed E-state index contributed by atoms with van der Waals surface area (Å²) in [6, 6.07) is 10.4. The molecule has 1 amide bonds. The smallest absolute Gasteiger partial charge is 0.413 e. The van der Waals surface area contributed by atoms with Gasteiger partial charge in [0.05, 0.1) is 19.2 Å². The van der Waals surface area contributed by atoms with Gasteiger partial charge >= 0.3 is 6.09 Å². The fraction of sp³-hybridized carbons (Fsp3) is 0.321. The third-order valence-corrected chi connectivity index (χ3v) is 6.73. The van der Waals surface area contributed by atoms with Crippen LogP contribution in [0.2, 0.25) is 5.02 Å². The molecule has 0 bridgehead atoms. The van der Waals surface area contributed by atoms with E-state index in [1.807, 2.05) is 12.3 Å². The molecule has 0 aliphatic rings. The van der Waals surface area contributed by atoms with Gasteiger partial charge in [-0.1, -0.05) is 29.4 Å². The van der Waals surface area contributed by atoms with Gasteiger partial charge in [0.1, 0.15) is 28.6 Å². The minimum Gasteiger partial charge on any atom is -0.497 e. The third-order valence-electron chi connectivity index (χ3n) is 5.77. The van der Waals surface area contributed by atoms with Crippen LogP contribution >= 0.6 is 23.4 Å². The number of nitrogens with one attached hydrogen (secondary N) is 1. The van der Waals surface area contributed by atoms with Crippen molar-refractivity contribution in [1.29, 1.82) is 0 Å². The number of ether oxygens (including phenoxy) is 3. The number of fused-ring (bicyclic) bond motifs is 1. The van der Waals surface area contributed by atoms with Gasteiger partial charge in [0.25, 0.3) is 5.56 Å². The topological polar surface area (TPSA) is 117 Å². The van der Waals surface area contributed by atoms with Crippen molar-refractivity contribution < 1.29 is 19.0 Å². The summed E-state index contributed by atoms with van der Waals surface area (Å²) in [7, 11) is 3.03. The number of pyridine rings is 2. The summed E-state index contributed by atoms with van der Waals surface area (Å²) in [5, 5.41) is 4.14. The number of rotatable bonds is 8. The highest BCUT2D eigenvalue weighted by atomic mass is 35.5. The molecule has 12 heteroatoms. The van der Waals surface area contributed by atoms with E-state index in [2.05, 4.69) is 20.3 Å². The first-order chi connectivity index (χ1) is 19.0. The number of anilines is 1. The fourth-order valence-corrected chi connectivity index (χ4v) is 4.62. The number of benzene rings is 1. The number of hydrogen-bond acceptors (Lipinski definition) is 9. The van der Waals surface area contributed by atoms with Crippen LogP contribution in [0.3, 0.4) is 0 Å². The van der Waals surface area contributed by atoms with Gasteiger partial charge in [-0.3, -0.25) is 14.7 Å². The monoisotopic (exact) mass is 583 g/mol. The average molecular weight is 584 g/mol. The van der Waals surface area contributed by atoms with Crippen molar-refractivity contribution in [3.63, 3.8) is 0 Å². The Balaban J connectivity index is 1.75. The van der Waals surface area contributed by atoms with Crippen molar-refractivity contribution in [2.24, 2.45) is 0 Å². The number of thioether (sulfide) groups is 1. The van der Waals surface area contributed by atoms with Crippen LogP contribution in [0.5, 0.6) is 11.5 Å². The first kappa shape index (κ1) is 29.2.